The number of hydrogen-bond acceptors (Lipinski definition) is 5. The Morgan fingerprint density at radius 2 is 1.88 bits per heavy atom. The van der Waals surface area contributed by atoms with Crippen LogP contribution in [0.2, 0.25) is 0 Å². The van der Waals surface area contributed by atoms with E-state index in [2.05, 4.69) is 5.16 Å². The van der Waals surface area contributed by atoms with Gasteiger partial charge in [0.2, 0.25) is 0 Å². The molecule has 0 saturated carbocycles. The Labute approximate surface area is 143 Å². The number of carbonyl (C=O) groups excluding carboxylic acids is 2. The Bertz CT molecular complexity index is 769. The van der Waals surface area contributed by atoms with Crippen molar-refractivity contribution in [1.82, 2.24) is 15.0 Å². The summed E-state index contributed by atoms with van der Waals surface area (Å²) < 4.78 is 23.6. The minimum absolute atomic E-state index is 0.0473. The quantitative estimate of drug-likeness (QED) is 0.837. The molecule has 1 aromatic heterocycles. The van der Waals surface area contributed by atoms with E-state index in [-0.39, 0.29) is 29.9 Å². The summed E-state index contributed by atoms with van der Waals surface area (Å²) in [6.07, 6.45) is 0. The first-order valence-electron chi connectivity index (χ1n) is 7.92. The van der Waals surface area contributed by atoms with E-state index < -0.39 is 5.82 Å². The van der Waals surface area contributed by atoms with Gasteiger partial charge in [0, 0.05) is 32.2 Å². The monoisotopic (exact) mass is 347 g/mol. The Balaban J connectivity index is 1.49. The molecule has 2 amide bonds. The highest BCUT2D eigenvalue weighted by Gasteiger charge is 2.26. The van der Waals surface area contributed by atoms with Crippen molar-refractivity contribution in [3.63, 3.8) is 0 Å². The third-order valence-corrected chi connectivity index (χ3v) is 3.95. The molecule has 132 valence electrons. The number of ether oxygens (including phenoxy) is 1. The van der Waals surface area contributed by atoms with E-state index in [1.165, 1.54) is 12.1 Å². The number of hydrogen-bond donors (Lipinski definition) is 0. The van der Waals surface area contributed by atoms with Gasteiger partial charge in [0.05, 0.1) is 0 Å². The van der Waals surface area contributed by atoms with Crippen LogP contribution in [0.25, 0.3) is 0 Å². The number of para-hydroxylation sites is 1. The molecule has 1 saturated heterocycles. The van der Waals surface area contributed by atoms with Gasteiger partial charge in [0.1, 0.15) is 5.76 Å². The van der Waals surface area contributed by atoms with E-state index in [0.717, 1.165) is 0 Å². The van der Waals surface area contributed by atoms with Gasteiger partial charge in [0.15, 0.2) is 23.9 Å². The maximum Gasteiger partial charge on any atom is 0.276 e. The fourth-order valence-electron chi connectivity index (χ4n) is 2.58. The second-order valence-electron chi connectivity index (χ2n) is 5.71. The maximum absolute atomic E-state index is 13.5. The molecule has 1 aromatic carbocycles. The Hall–Kier alpha value is -2.90. The number of rotatable bonds is 4. The zero-order valence-electron chi connectivity index (χ0n) is 13.8. The Morgan fingerprint density at radius 1 is 1.20 bits per heavy atom. The zero-order chi connectivity index (χ0) is 17.8. The van der Waals surface area contributed by atoms with Crippen molar-refractivity contribution in [3.8, 4) is 5.75 Å². The van der Waals surface area contributed by atoms with E-state index in [1.807, 2.05) is 0 Å². The second-order valence-corrected chi connectivity index (χ2v) is 5.71. The summed E-state index contributed by atoms with van der Waals surface area (Å²) in [5.74, 6) is -0.346. The van der Waals surface area contributed by atoms with Gasteiger partial charge in [-0.3, -0.25) is 9.59 Å². The minimum Gasteiger partial charge on any atom is -0.481 e. The van der Waals surface area contributed by atoms with Gasteiger partial charge in [0.25, 0.3) is 11.8 Å². The molecule has 1 aliphatic rings. The Kier molecular flexibility index (Phi) is 4.97. The molecule has 2 heterocycles. The highest BCUT2D eigenvalue weighted by molar-refractivity contribution is 5.92. The summed E-state index contributed by atoms with van der Waals surface area (Å²) >= 11 is 0. The lowest BCUT2D eigenvalue weighted by atomic mass is 10.2. The molecule has 25 heavy (non-hydrogen) atoms. The van der Waals surface area contributed by atoms with Crippen molar-refractivity contribution in [2.24, 2.45) is 0 Å². The van der Waals surface area contributed by atoms with Gasteiger partial charge < -0.3 is 19.1 Å². The number of aromatic nitrogens is 1. The van der Waals surface area contributed by atoms with Crippen LogP contribution in [0.1, 0.15) is 16.2 Å². The van der Waals surface area contributed by atoms with Crippen LogP contribution in [0.4, 0.5) is 4.39 Å². The predicted octanol–water partition coefficient (Wildman–Crippen LogP) is 1.49. The summed E-state index contributed by atoms with van der Waals surface area (Å²) in [7, 11) is 0. The van der Waals surface area contributed by atoms with Crippen LogP contribution in [-0.2, 0) is 4.79 Å². The van der Waals surface area contributed by atoms with Crippen molar-refractivity contribution in [2.45, 2.75) is 6.92 Å². The smallest absolute Gasteiger partial charge is 0.276 e. The van der Waals surface area contributed by atoms with Crippen LogP contribution in [-0.4, -0.2) is 59.6 Å². The first-order chi connectivity index (χ1) is 12.0. The molecule has 0 unspecified atom stereocenters. The minimum atomic E-state index is -0.506. The average molecular weight is 347 g/mol. The molecule has 1 aliphatic heterocycles. The van der Waals surface area contributed by atoms with E-state index >= 15 is 0 Å². The summed E-state index contributed by atoms with van der Waals surface area (Å²) in [6, 6.07) is 7.52. The highest BCUT2D eigenvalue weighted by Crippen LogP contribution is 2.15. The molecule has 7 nitrogen and oxygen atoms in total. The molecule has 0 aliphatic carbocycles. The third-order valence-electron chi connectivity index (χ3n) is 3.95. The van der Waals surface area contributed by atoms with Crippen molar-refractivity contribution in [3.05, 3.63) is 47.6 Å². The molecule has 1 fully saturated rings. The van der Waals surface area contributed by atoms with Crippen molar-refractivity contribution >= 4 is 11.8 Å². The van der Waals surface area contributed by atoms with Crippen LogP contribution in [0.15, 0.2) is 34.9 Å². The van der Waals surface area contributed by atoms with E-state index in [9.17, 15) is 14.0 Å². The molecule has 0 radical (unpaired) electrons. The van der Waals surface area contributed by atoms with Gasteiger partial charge in [-0.25, -0.2) is 4.39 Å². The number of halogens is 1. The molecule has 2 aromatic rings. The molecule has 8 heteroatoms. The SMILES string of the molecule is Cc1cc(C(=O)N2CCN(C(=O)COc3ccccc3F)CC2)no1. The normalized spacial score (nSPS) is 14.5. The summed E-state index contributed by atoms with van der Waals surface area (Å²) in [5, 5.41) is 3.71. The van der Waals surface area contributed by atoms with Crippen molar-refractivity contribution < 1.29 is 23.2 Å². The topological polar surface area (TPSA) is 75.9 Å². The predicted molar refractivity (Wildman–Crippen MR) is 85.6 cm³/mol. The number of carbonyl (C=O) groups is 2. The first kappa shape index (κ1) is 16.9. The summed E-state index contributed by atoms with van der Waals surface area (Å²) in [4.78, 5) is 27.7. The van der Waals surface area contributed by atoms with Gasteiger partial charge in [-0.1, -0.05) is 17.3 Å². The maximum atomic E-state index is 13.5. The number of aryl methyl sites for hydroxylation is 1. The lowest BCUT2D eigenvalue weighted by molar-refractivity contribution is -0.134. The molecule has 0 bridgehead atoms. The standard InChI is InChI=1S/C17H18FN3O4/c1-12-10-14(19-25-12)17(23)21-8-6-20(7-9-21)16(22)11-24-15-5-3-2-4-13(15)18/h2-5,10H,6-9,11H2,1H3. The largest absolute Gasteiger partial charge is 0.481 e. The summed E-state index contributed by atoms with van der Waals surface area (Å²) in [6.45, 7) is 3.06. The van der Waals surface area contributed by atoms with Crippen LogP contribution in [0.5, 0.6) is 5.75 Å². The van der Waals surface area contributed by atoms with Crippen LogP contribution >= 0.6 is 0 Å². The van der Waals surface area contributed by atoms with E-state index in [4.69, 9.17) is 9.26 Å². The first-order valence-corrected chi connectivity index (χ1v) is 7.92. The van der Waals surface area contributed by atoms with Crippen molar-refractivity contribution in [2.75, 3.05) is 32.8 Å². The lowest BCUT2D eigenvalue weighted by Crippen LogP contribution is -2.51. The molecule has 0 atom stereocenters. The average Bonchev–Trinajstić information content (AvgIpc) is 3.07. The molecule has 0 spiro atoms. The molecular formula is C17H18FN3O4. The third kappa shape index (κ3) is 3.96. The second kappa shape index (κ2) is 7.33. The lowest BCUT2D eigenvalue weighted by Gasteiger charge is -2.34. The fraction of sp³-hybridized carbons (Fsp3) is 0.353. The Morgan fingerprint density at radius 3 is 2.52 bits per heavy atom. The molecule has 0 N–H and O–H groups in total. The van der Waals surface area contributed by atoms with Crippen LogP contribution in [0, 0.1) is 12.7 Å². The zero-order valence-corrected chi connectivity index (χ0v) is 13.8. The highest BCUT2D eigenvalue weighted by atomic mass is 19.1. The van der Waals surface area contributed by atoms with Gasteiger partial charge >= 0.3 is 0 Å². The van der Waals surface area contributed by atoms with Crippen LogP contribution < -0.4 is 4.74 Å². The van der Waals surface area contributed by atoms with Crippen molar-refractivity contribution in [1.29, 1.82) is 0 Å². The number of piperazine rings is 1. The molecular weight excluding hydrogens is 329 g/mol. The van der Waals surface area contributed by atoms with E-state index in [0.29, 0.717) is 31.9 Å². The number of benzene rings is 1. The molecule has 3 rings (SSSR count). The van der Waals surface area contributed by atoms with Gasteiger partial charge in [-0.05, 0) is 19.1 Å². The fourth-order valence-corrected chi connectivity index (χ4v) is 2.58. The summed E-state index contributed by atoms with van der Waals surface area (Å²) in [5.41, 5.74) is 0.264. The van der Waals surface area contributed by atoms with E-state index in [1.54, 1.807) is 34.9 Å². The number of amides is 2. The van der Waals surface area contributed by atoms with Gasteiger partial charge in [-0.2, -0.15) is 0 Å². The van der Waals surface area contributed by atoms with Gasteiger partial charge in [-0.15, -0.1) is 0 Å². The van der Waals surface area contributed by atoms with Crippen LogP contribution in [0.3, 0.4) is 0 Å². The number of nitrogens with zero attached hydrogens (tertiary/aromatic N) is 3.